The van der Waals surface area contributed by atoms with Gasteiger partial charge in [0, 0.05) is 67.4 Å². The molecule has 2 aromatic rings. The number of anilines is 1. The van der Waals surface area contributed by atoms with Crippen LogP contribution in [0.2, 0.25) is 0 Å². The number of carbonyl (C=O) groups is 1. The second-order valence-electron chi connectivity index (χ2n) is 16.2. The Kier molecular flexibility index (Phi) is 20.3. The van der Waals surface area contributed by atoms with Gasteiger partial charge in [0.1, 0.15) is 34.9 Å². The Hall–Kier alpha value is -2.92. The molecule has 342 valence electrons. The molecule has 0 amide bonds. The summed E-state index contributed by atoms with van der Waals surface area (Å²) in [7, 11) is -6.39. The van der Waals surface area contributed by atoms with Crippen LogP contribution in [-0.4, -0.2) is 84.7 Å². The smallest absolute Gasteiger partial charge is 0.748 e. The van der Waals surface area contributed by atoms with Crippen LogP contribution >= 0.6 is 0 Å². The number of esters is 1. The molecule has 2 heterocycles. The predicted molar refractivity (Wildman–Crippen MR) is 224 cm³/mol. The molecule has 0 spiro atoms. The van der Waals surface area contributed by atoms with Crippen molar-refractivity contribution in [2.75, 3.05) is 57.7 Å². The Bertz CT molecular complexity index is 2650. The van der Waals surface area contributed by atoms with E-state index in [0.29, 0.717) is 54.8 Å². The fourth-order valence-corrected chi connectivity index (χ4v) is 8.56. The van der Waals surface area contributed by atoms with Gasteiger partial charge in [-0.1, -0.05) is 26.8 Å². The van der Waals surface area contributed by atoms with Crippen molar-refractivity contribution < 1.29 is 126 Å². The van der Waals surface area contributed by atoms with Crippen molar-refractivity contribution in [3.8, 4) is 17.1 Å². The largest absolute Gasteiger partial charge is 1.00 e. The normalized spacial score (nSPS) is 15.9. The van der Waals surface area contributed by atoms with Gasteiger partial charge in [0.25, 0.3) is 0 Å². The van der Waals surface area contributed by atoms with Crippen LogP contribution in [0.5, 0.6) is 5.75 Å². The van der Waals surface area contributed by atoms with Crippen molar-refractivity contribution in [1.29, 1.82) is 0 Å². The molecule has 0 saturated heterocycles. The number of nitrogens with zero attached hydrogens (tertiary/aromatic N) is 2. The van der Waals surface area contributed by atoms with Crippen LogP contribution in [0.25, 0.3) is 17.4 Å². The Morgan fingerprint density at radius 3 is 2.09 bits per heavy atom. The summed E-state index contributed by atoms with van der Waals surface area (Å²) in [5, 5.41) is 0.875. The van der Waals surface area contributed by atoms with E-state index in [1.807, 2.05) is 24.3 Å². The number of halogens is 4. The molecule has 65 heavy (non-hydrogen) atoms. The fraction of sp³-hybridized carbons (Fsp3) is 0.409. The molecule has 0 saturated carbocycles. The SMILES string of the molecule is COCC[N+](CCOC)=c1ccc2c(C(C)(C)C)cc(/C=C/C=C3/N(CCCS(=O)(=O)[O-])c4ccc(S(=O)(=O)[O-])cc4C3(C)CCCC(=O)Oc3c(F)c(F)cc(F)c3F)oc-2c1.[Na+].[Na+]. The maximum atomic E-state index is 14.3. The maximum absolute atomic E-state index is 14.3. The van der Waals surface area contributed by atoms with Gasteiger partial charge in [0.2, 0.25) is 22.7 Å². The monoisotopic (exact) mass is 967 g/mol. The summed E-state index contributed by atoms with van der Waals surface area (Å²) in [6, 6.07) is 11.4. The molecule has 0 fully saturated rings. The molecule has 0 radical (unpaired) electrons. The van der Waals surface area contributed by atoms with Crippen LogP contribution in [-0.2, 0) is 45.3 Å². The first kappa shape index (κ1) is 56.4. The summed E-state index contributed by atoms with van der Waals surface area (Å²) in [6.07, 6.45) is 4.19. The first-order chi connectivity index (χ1) is 29.5. The quantitative estimate of drug-likeness (QED) is 0.0259. The minimum absolute atomic E-state index is 0. The van der Waals surface area contributed by atoms with E-state index in [1.54, 1.807) is 44.3 Å². The molecular formula is C44H49F4N2Na2O11S2+. The van der Waals surface area contributed by atoms with Gasteiger partial charge in [0.05, 0.1) is 21.1 Å². The van der Waals surface area contributed by atoms with E-state index in [4.69, 9.17) is 18.6 Å². The molecule has 1 atom stereocenters. The number of benzene rings is 3. The molecule has 1 aliphatic carbocycles. The maximum Gasteiger partial charge on any atom is 1.00 e. The van der Waals surface area contributed by atoms with E-state index in [-0.39, 0.29) is 96.4 Å². The van der Waals surface area contributed by atoms with E-state index in [9.17, 15) is 48.3 Å². The molecular weight excluding hydrogens is 919 g/mol. The zero-order valence-corrected chi connectivity index (χ0v) is 43.3. The second kappa shape index (κ2) is 23.4. The zero-order valence-electron chi connectivity index (χ0n) is 37.6. The Balaban J connectivity index is 0.00000561. The van der Waals surface area contributed by atoms with Crippen molar-refractivity contribution in [2.45, 2.75) is 69.1 Å². The number of ether oxygens (including phenoxy) is 3. The van der Waals surface area contributed by atoms with Gasteiger partial charge in [-0.2, -0.15) is 8.78 Å². The number of hydrogen-bond acceptors (Lipinski definition) is 12. The van der Waals surface area contributed by atoms with Crippen LogP contribution in [0.3, 0.4) is 0 Å². The summed E-state index contributed by atoms with van der Waals surface area (Å²) in [5.74, 6) is -9.85. The Morgan fingerprint density at radius 1 is 0.892 bits per heavy atom. The standard InChI is InChI=1S/C44H50F4N2O11S2.2Na/c1-43(2,3)32-25-29(60-37-24-28(13-15-31(32)37)49(19-21-58-5)20-22-59-6)10-7-11-38-44(4,17-8-12-39(51)61-42-40(47)34(45)27-35(46)41(42)48)33-26-30(63(55,56)57)14-16-36(33)50(38)18-9-23-62(52,53)54;;/h7,10-11,13-16,24-27H,8-9,12,17-23H2,1-6H3,(H-,52,53,54,55,56,57);;/q;2*+1/p-1. The first-order valence-electron chi connectivity index (χ1n) is 19.9. The third-order valence-corrected chi connectivity index (χ3v) is 12.3. The predicted octanol–water partition coefficient (Wildman–Crippen LogP) is 0.602. The van der Waals surface area contributed by atoms with Gasteiger partial charge in [-0.05, 0) is 85.2 Å². The van der Waals surface area contributed by atoms with E-state index >= 15 is 0 Å². The third-order valence-electron chi connectivity index (χ3n) is 10.7. The Labute approximate surface area is 421 Å². The van der Waals surface area contributed by atoms with Crippen LogP contribution in [0.15, 0.2) is 75.7 Å². The average molecular weight is 968 g/mol. The van der Waals surface area contributed by atoms with Crippen LogP contribution < -0.4 is 78.7 Å². The minimum Gasteiger partial charge on any atom is -0.748 e. The third kappa shape index (κ3) is 14.1. The molecule has 3 aliphatic rings. The molecule has 0 N–H and O–H groups in total. The summed E-state index contributed by atoms with van der Waals surface area (Å²) in [6.45, 7) is 9.95. The second-order valence-corrected chi connectivity index (χ2v) is 19.1. The fourth-order valence-electron chi connectivity index (χ4n) is 7.58. The number of rotatable bonds is 18. The number of fused-ring (bicyclic) bond motifs is 2. The molecule has 13 nitrogen and oxygen atoms in total. The summed E-state index contributed by atoms with van der Waals surface area (Å²) in [4.78, 5) is 13.9. The average Bonchev–Trinajstić information content (AvgIpc) is 3.42. The molecule has 2 aliphatic heterocycles. The molecule has 1 unspecified atom stereocenters. The van der Waals surface area contributed by atoms with Gasteiger partial charge in [0.15, 0.2) is 24.7 Å². The van der Waals surface area contributed by atoms with E-state index in [0.717, 1.165) is 22.6 Å². The molecule has 5 rings (SSSR count). The van der Waals surface area contributed by atoms with E-state index in [1.165, 1.54) is 12.1 Å². The molecule has 0 bridgehead atoms. The first-order valence-corrected chi connectivity index (χ1v) is 22.9. The van der Waals surface area contributed by atoms with Crippen molar-refractivity contribution >= 4 is 38.0 Å². The topological polar surface area (TPSA) is 179 Å². The van der Waals surface area contributed by atoms with E-state index in [2.05, 4.69) is 25.3 Å². The van der Waals surface area contributed by atoms with Crippen molar-refractivity contribution in [3.05, 3.63) is 112 Å². The summed E-state index contributed by atoms with van der Waals surface area (Å²) >= 11 is 0. The van der Waals surface area contributed by atoms with Gasteiger partial charge < -0.3 is 32.6 Å². The van der Waals surface area contributed by atoms with Crippen LogP contribution in [0, 0.1) is 23.3 Å². The number of allylic oxidation sites excluding steroid dienone is 3. The van der Waals surface area contributed by atoms with Gasteiger partial charge >= 0.3 is 65.1 Å². The van der Waals surface area contributed by atoms with Crippen LogP contribution in [0.1, 0.15) is 70.3 Å². The minimum atomic E-state index is -4.99. The van der Waals surface area contributed by atoms with E-state index < -0.39 is 77.7 Å². The van der Waals surface area contributed by atoms with Gasteiger partial charge in [-0.3, -0.25) is 4.79 Å². The van der Waals surface area contributed by atoms with Crippen LogP contribution in [0.4, 0.5) is 23.2 Å². The Morgan fingerprint density at radius 2 is 1.52 bits per heavy atom. The van der Waals surface area contributed by atoms with Gasteiger partial charge in [-0.15, -0.1) is 0 Å². The number of carbonyl (C=O) groups excluding carboxylic acids is 1. The number of hydrogen-bond donors (Lipinski definition) is 0. The summed E-state index contributed by atoms with van der Waals surface area (Å²) in [5.41, 5.74) is 1.37. The summed E-state index contributed by atoms with van der Waals surface area (Å²) < 4.78 is 152. The van der Waals surface area contributed by atoms with Crippen molar-refractivity contribution in [3.63, 3.8) is 0 Å². The van der Waals surface area contributed by atoms with Crippen molar-refractivity contribution in [2.24, 2.45) is 0 Å². The van der Waals surface area contributed by atoms with Crippen molar-refractivity contribution in [1.82, 2.24) is 4.58 Å². The van der Waals surface area contributed by atoms with Gasteiger partial charge in [-0.25, -0.2) is 30.2 Å². The molecule has 21 heteroatoms. The molecule has 0 aromatic heterocycles. The molecule has 2 aromatic carbocycles. The zero-order chi connectivity index (χ0) is 46.5. The number of methoxy groups -OCH3 is 2.